The van der Waals surface area contributed by atoms with Gasteiger partial charge in [-0.3, -0.25) is 0 Å². The highest BCUT2D eigenvalue weighted by Crippen LogP contribution is 2.41. The van der Waals surface area contributed by atoms with Gasteiger partial charge in [0, 0.05) is 4.47 Å². The fourth-order valence-corrected chi connectivity index (χ4v) is 2.24. The summed E-state index contributed by atoms with van der Waals surface area (Å²) in [7, 11) is 0. The Morgan fingerprint density at radius 2 is 2.00 bits per heavy atom. The fraction of sp³-hybridized carbons (Fsp3) is 0.143. The van der Waals surface area contributed by atoms with Crippen LogP contribution in [0.5, 0.6) is 11.5 Å². The fourth-order valence-electron chi connectivity index (χ4n) is 0.936. The van der Waals surface area contributed by atoms with Crippen molar-refractivity contribution >= 4 is 31.9 Å². The third kappa shape index (κ3) is 1.25. The first kappa shape index (κ1) is 7.43. The highest BCUT2D eigenvalue weighted by Gasteiger charge is 2.16. The molecule has 0 saturated carbocycles. The molecule has 0 fully saturated rings. The minimum atomic E-state index is 0.310. The molecule has 1 aromatic rings. The van der Waals surface area contributed by atoms with Gasteiger partial charge in [-0.15, -0.1) is 0 Å². The maximum absolute atomic E-state index is 5.19. The monoisotopic (exact) mass is 278 g/mol. The van der Waals surface area contributed by atoms with Crippen LogP contribution < -0.4 is 9.47 Å². The van der Waals surface area contributed by atoms with E-state index in [0.29, 0.717) is 6.79 Å². The quantitative estimate of drug-likeness (QED) is 0.727. The molecule has 1 heterocycles. The van der Waals surface area contributed by atoms with E-state index >= 15 is 0 Å². The first-order chi connectivity index (χ1) is 5.27. The normalized spacial score (nSPS) is 13.6. The Morgan fingerprint density at radius 3 is 2.82 bits per heavy atom. The van der Waals surface area contributed by atoms with Crippen LogP contribution in [0, 0.1) is 0 Å². The van der Waals surface area contributed by atoms with Crippen LogP contribution in [-0.2, 0) is 0 Å². The van der Waals surface area contributed by atoms with Gasteiger partial charge in [-0.2, -0.15) is 0 Å². The van der Waals surface area contributed by atoms with Crippen molar-refractivity contribution in [2.45, 2.75) is 0 Å². The number of rotatable bonds is 0. The molecule has 0 spiro atoms. The summed E-state index contributed by atoms with van der Waals surface area (Å²) in [5, 5.41) is 0. The minimum Gasteiger partial charge on any atom is -0.454 e. The van der Waals surface area contributed by atoms with Gasteiger partial charge in [-0.1, -0.05) is 15.9 Å². The van der Waals surface area contributed by atoms with E-state index in [4.69, 9.17) is 9.47 Å². The van der Waals surface area contributed by atoms with E-state index in [1.54, 1.807) is 0 Å². The van der Waals surface area contributed by atoms with Crippen LogP contribution in [0.15, 0.2) is 21.1 Å². The molecule has 58 valence electrons. The summed E-state index contributed by atoms with van der Waals surface area (Å²) in [6.07, 6.45) is 0. The largest absolute Gasteiger partial charge is 0.454 e. The molecule has 0 N–H and O–H groups in total. The summed E-state index contributed by atoms with van der Waals surface area (Å²) < 4.78 is 12.3. The smallest absolute Gasteiger partial charge is 0.231 e. The van der Waals surface area contributed by atoms with Crippen molar-refractivity contribution in [3.8, 4) is 11.5 Å². The molecular formula is C7H4Br2O2. The molecule has 0 aliphatic carbocycles. The molecule has 0 bridgehead atoms. The van der Waals surface area contributed by atoms with Crippen molar-refractivity contribution in [1.29, 1.82) is 0 Å². The van der Waals surface area contributed by atoms with Crippen LogP contribution in [-0.4, -0.2) is 6.79 Å². The average Bonchev–Trinajstić information content (AvgIpc) is 2.34. The molecule has 0 radical (unpaired) electrons. The zero-order valence-electron chi connectivity index (χ0n) is 5.43. The standard InChI is InChI=1S/C7H4Br2O2/c8-4-1-5(9)7-6(2-4)10-3-11-7/h1-2H,3H2. The van der Waals surface area contributed by atoms with Crippen LogP contribution in [0.3, 0.4) is 0 Å². The van der Waals surface area contributed by atoms with Gasteiger partial charge >= 0.3 is 0 Å². The van der Waals surface area contributed by atoms with E-state index in [-0.39, 0.29) is 0 Å². The van der Waals surface area contributed by atoms with Gasteiger partial charge in [0.2, 0.25) is 6.79 Å². The summed E-state index contributed by atoms with van der Waals surface area (Å²) >= 11 is 6.71. The van der Waals surface area contributed by atoms with Crippen molar-refractivity contribution < 1.29 is 9.47 Å². The van der Waals surface area contributed by atoms with Crippen LogP contribution in [0.1, 0.15) is 0 Å². The Bertz CT molecular complexity index is 299. The van der Waals surface area contributed by atoms with E-state index in [9.17, 15) is 0 Å². The van der Waals surface area contributed by atoms with E-state index in [1.807, 2.05) is 12.1 Å². The van der Waals surface area contributed by atoms with Crippen LogP contribution in [0.2, 0.25) is 0 Å². The van der Waals surface area contributed by atoms with Crippen molar-refractivity contribution in [3.63, 3.8) is 0 Å². The summed E-state index contributed by atoms with van der Waals surface area (Å²) in [5.74, 6) is 1.57. The van der Waals surface area contributed by atoms with Crippen LogP contribution in [0.25, 0.3) is 0 Å². The maximum atomic E-state index is 5.19. The molecule has 2 nitrogen and oxygen atoms in total. The molecule has 0 aromatic heterocycles. The lowest BCUT2D eigenvalue weighted by atomic mass is 10.3. The summed E-state index contributed by atoms with van der Waals surface area (Å²) in [6, 6.07) is 3.81. The molecule has 4 heteroatoms. The minimum absolute atomic E-state index is 0.310. The lowest BCUT2D eigenvalue weighted by molar-refractivity contribution is 0.173. The summed E-state index contributed by atoms with van der Waals surface area (Å²) in [5.41, 5.74) is 0. The van der Waals surface area contributed by atoms with Gasteiger partial charge in [-0.05, 0) is 28.1 Å². The molecule has 1 aromatic carbocycles. The van der Waals surface area contributed by atoms with Crippen molar-refractivity contribution in [1.82, 2.24) is 0 Å². The topological polar surface area (TPSA) is 18.5 Å². The Balaban J connectivity index is 2.60. The van der Waals surface area contributed by atoms with Gasteiger partial charge < -0.3 is 9.47 Å². The molecule has 2 rings (SSSR count). The summed E-state index contributed by atoms with van der Waals surface area (Å²) in [4.78, 5) is 0. The number of benzene rings is 1. The molecule has 0 atom stereocenters. The Kier molecular flexibility index (Phi) is 1.81. The second kappa shape index (κ2) is 2.68. The summed E-state index contributed by atoms with van der Waals surface area (Å²) in [6.45, 7) is 0.310. The van der Waals surface area contributed by atoms with Gasteiger partial charge in [0.05, 0.1) is 4.47 Å². The molecular weight excluding hydrogens is 276 g/mol. The molecule has 0 unspecified atom stereocenters. The third-order valence-corrected chi connectivity index (χ3v) is 2.44. The van der Waals surface area contributed by atoms with Gasteiger partial charge in [0.15, 0.2) is 11.5 Å². The molecule has 11 heavy (non-hydrogen) atoms. The highest BCUT2D eigenvalue weighted by atomic mass is 79.9. The lowest BCUT2D eigenvalue weighted by Gasteiger charge is -1.98. The SMILES string of the molecule is Brc1cc(Br)c2c(c1)OCO2. The molecule has 1 aliphatic heterocycles. The van der Waals surface area contributed by atoms with E-state index in [0.717, 1.165) is 20.4 Å². The van der Waals surface area contributed by atoms with E-state index in [1.165, 1.54) is 0 Å². The molecule has 1 aliphatic rings. The molecule has 0 amide bonds. The number of hydrogen-bond donors (Lipinski definition) is 0. The third-order valence-electron chi connectivity index (χ3n) is 1.39. The number of hydrogen-bond acceptors (Lipinski definition) is 2. The van der Waals surface area contributed by atoms with Crippen LogP contribution in [0.4, 0.5) is 0 Å². The first-order valence-corrected chi connectivity index (χ1v) is 4.60. The zero-order chi connectivity index (χ0) is 7.84. The number of halogens is 2. The van der Waals surface area contributed by atoms with Crippen molar-refractivity contribution in [2.24, 2.45) is 0 Å². The Hall–Kier alpha value is -0.220. The Morgan fingerprint density at radius 1 is 1.18 bits per heavy atom. The maximum Gasteiger partial charge on any atom is 0.231 e. The average molecular weight is 280 g/mol. The van der Waals surface area contributed by atoms with E-state index in [2.05, 4.69) is 31.9 Å². The molecule has 0 saturated heterocycles. The van der Waals surface area contributed by atoms with Gasteiger partial charge in [0.25, 0.3) is 0 Å². The first-order valence-electron chi connectivity index (χ1n) is 3.02. The predicted octanol–water partition coefficient (Wildman–Crippen LogP) is 2.94. The van der Waals surface area contributed by atoms with Crippen molar-refractivity contribution in [3.05, 3.63) is 21.1 Å². The van der Waals surface area contributed by atoms with Crippen LogP contribution >= 0.6 is 31.9 Å². The second-order valence-electron chi connectivity index (χ2n) is 2.12. The Labute approximate surface area is 80.8 Å². The highest BCUT2D eigenvalue weighted by molar-refractivity contribution is 9.11. The zero-order valence-corrected chi connectivity index (χ0v) is 8.61. The van der Waals surface area contributed by atoms with Gasteiger partial charge in [-0.25, -0.2) is 0 Å². The lowest BCUT2D eigenvalue weighted by Crippen LogP contribution is -1.93. The number of fused-ring (bicyclic) bond motifs is 1. The van der Waals surface area contributed by atoms with E-state index < -0.39 is 0 Å². The number of ether oxygens (including phenoxy) is 2. The van der Waals surface area contributed by atoms with Gasteiger partial charge in [0.1, 0.15) is 0 Å². The van der Waals surface area contributed by atoms with Crippen molar-refractivity contribution in [2.75, 3.05) is 6.79 Å². The second-order valence-corrected chi connectivity index (χ2v) is 3.89. The predicted molar refractivity (Wildman–Crippen MR) is 48.0 cm³/mol.